The van der Waals surface area contributed by atoms with Gasteiger partial charge in [-0.15, -0.1) is 0 Å². The van der Waals surface area contributed by atoms with Crippen LogP contribution < -0.4 is 11.5 Å². The topological polar surface area (TPSA) is 83.4 Å². The Hall–Kier alpha value is -1.17. The molecule has 0 radical (unpaired) electrons. The molecule has 1 atom stereocenters. The lowest BCUT2D eigenvalue weighted by molar-refractivity contribution is -0.115. The van der Waals surface area contributed by atoms with Gasteiger partial charge in [-0.05, 0) is 18.1 Å². The number of hydrogen-bond acceptors (Lipinski definition) is 5. The number of rotatable bonds is 5. The highest BCUT2D eigenvalue weighted by molar-refractivity contribution is 5.44. The standard InChI is InChI=1S/C10H17N3O2/c1-14-10(15-2)9(12)5-7-6-13-4-3-8(7)11/h3-4,6,9-10H,5,12H2,1-2H3,(H2,11,13). The number of hydrogen-bond donors (Lipinski definition) is 2. The van der Waals surface area contributed by atoms with E-state index in [4.69, 9.17) is 20.9 Å². The molecule has 0 aliphatic rings. The molecule has 84 valence electrons. The summed E-state index contributed by atoms with van der Waals surface area (Å²) in [4.78, 5) is 3.99. The van der Waals surface area contributed by atoms with Crippen LogP contribution in [0.1, 0.15) is 5.56 Å². The molecule has 0 saturated heterocycles. The highest BCUT2D eigenvalue weighted by Gasteiger charge is 2.17. The zero-order valence-corrected chi connectivity index (χ0v) is 9.01. The van der Waals surface area contributed by atoms with E-state index in [1.54, 1.807) is 32.7 Å². The Morgan fingerprint density at radius 2 is 2.07 bits per heavy atom. The van der Waals surface area contributed by atoms with E-state index in [2.05, 4.69) is 4.98 Å². The minimum Gasteiger partial charge on any atom is -0.398 e. The first-order valence-electron chi connectivity index (χ1n) is 4.68. The summed E-state index contributed by atoms with van der Waals surface area (Å²) >= 11 is 0. The number of anilines is 1. The normalized spacial score (nSPS) is 13.1. The summed E-state index contributed by atoms with van der Waals surface area (Å²) in [5, 5.41) is 0. The van der Waals surface area contributed by atoms with Crippen LogP contribution in [0.2, 0.25) is 0 Å². The third-order valence-electron chi connectivity index (χ3n) is 2.21. The molecule has 0 aromatic carbocycles. The van der Waals surface area contributed by atoms with Crippen molar-refractivity contribution in [3.05, 3.63) is 24.0 Å². The minimum absolute atomic E-state index is 0.258. The Labute approximate surface area is 89.4 Å². The zero-order chi connectivity index (χ0) is 11.3. The van der Waals surface area contributed by atoms with Gasteiger partial charge in [0, 0.05) is 32.3 Å². The Morgan fingerprint density at radius 3 is 2.60 bits per heavy atom. The number of nitrogen functional groups attached to an aromatic ring is 1. The number of nitrogens with zero attached hydrogens (tertiary/aromatic N) is 1. The molecule has 5 heteroatoms. The van der Waals surface area contributed by atoms with E-state index in [1.807, 2.05) is 0 Å². The van der Waals surface area contributed by atoms with Crippen LogP contribution in [0.3, 0.4) is 0 Å². The van der Waals surface area contributed by atoms with E-state index in [0.717, 1.165) is 5.56 Å². The second-order valence-corrected chi connectivity index (χ2v) is 3.28. The largest absolute Gasteiger partial charge is 0.398 e. The van der Waals surface area contributed by atoms with Crippen LogP contribution in [0.15, 0.2) is 18.5 Å². The second kappa shape index (κ2) is 5.65. The first-order chi connectivity index (χ1) is 7.19. The smallest absolute Gasteiger partial charge is 0.172 e. The lowest BCUT2D eigenvalue weighted by atomic mass is 10.1. The summed E-state index contributed by atoms with van der Waals surface area (Å²) < 4.78 is 10.1. The van der Waals surface area contributed by atoms with Gasteiger partial charge in [0.2, 0.25) is 0 Å². The average molecular weight is 211 g/mol. The average Bonchev–Trinajstić information content (AvgIpc) is 2.23. The van der Waals surface area contributed by atoms with Gasteiger partial charge >= 0.3 is 0 Å². The van der Waals surface area contributed by atoms with Crippen LogP contribution in [0.4, 0.5) is 5.69 Å². The van der Waals surface area contributed by atoms with Crippen molar-refractivity contribution in [3.63, 3.8) is 0 Å². The molecule has 0 aliphatic heterocycles. The van der Waals surface area contributed by atoms with Crippen LogP contribution in [-0.2, 0) is 15.9 Å². The summed E-state index contributed by atoms with van der Waals surface area (Å²) in [7, 11) is 3.11. The molecular formula is C10H17N3O2. The summed E-state index contributed by atoms with van der Waals surface area (Å²) in [6.45, 7) is 0. The molecule has 5 nitrogen and oxygen atoms in total. The molecule has 0 bridgehead atoms. The van der Waals surface area contributed by atoms with Gasteiger partial charge < -0.3 is 20.9 Å². The van der Waals surface area contributed by atoms with E-state index in [9.17, 15) is 0 Å². The molecular weight excluding hydrogens is 194 g/mol. The molecule has 0 saturated carbocycles. The van der Waals surface area contributed by atoms with Gasteiger partial charge in [-0.1, -0.05) is 0 Å². The fourth-order valence-electron chi connectivity index (χ4n) is 1.40. The first kappa shape index (κ1) is 11.9. The molecule has 1 heterocycles. The first-order valence-corrected chi connectivity index (χ1v) is 4.68. The lowest BCUT2D eigenvalue weighted by Gasteiger charge is -2.21. The van der Waals surface area contributed by atoms with Gasteiger partial charge in [0.05, 0.1) is 6.04 Å². The molecule has 1 aromatic rings. The third-order valence-corrected chi connectivity index (χ3v) is 2.21. The van der Waals surface area contributed by atoms with Crippen molar-refractivity contribution in [2.45, 2.75) is 18.8 Å². The van der Waals surface area contributed by atoms with Gasteiger partial charge in [-0.25, -0.2) is 0 Å². The van der Waals surface area contributed by atoms with Crippen LogP contribution in [-0.4, -0.2) is 31.5 Å². The molecule has 1 unspecified atom stereocenters. The van der Waals surface area contributed by atoms with Crippen molar-refractivity contribution in [2.24, 2.45) is 5.73 Å². The highest BCUT2D eigenvalue weighted by atomic mass is 16.7. The van der Waals surface area contributed by atoms with Crippen molar-refractivity contribution >= 4 is 5.69 Å². The molecule has 0 amide bonds. The fourth-order valence-corrected chi connectivity index (χ4v) is 1.40. The molecule has 15 heavy (non-hydrogen) atoms. The van der Waals surface area contributed by atoms with E-state index in [0.29, 0.717) is 12.1 Å². The van der Waals surface area contributed by atoms with Crippen LogP contribution >= 0.6 is 0 Å². The lowest BCUT2D eigenvalue weighted by Crippen LogP contribution is -2.39. The van der Waals surface area contributed by atoms with Crippen molar-refractivity contribution < 1.29 is 9.47 Å². The molecule has 1 aromatic heterocycles. The van der Waals surface area contributed by atoms with Crippen LogP contribution in [0, 0.1) is 0 Å². The SMILES string of the molecule is COC(OC)C(N)Cc1cnccc1N. The highest BCUT2D eigenvalue weighted by Crippen LogP contribution is 2.12. The molecule has 0 spiro atoms. The van der Waals surface area contributed by atoms with Gasteiger partial charge in [0.25, 0.3) is 0 Å². The number of methoxy groups -OCH3 is 2. The Morgan fingerprint density at radius 1 is 1.40 bits per heavy atom. The van der Waals surface area contributed by atoms with Gasteiger partial charge in [-0.3, -0.25) is 4.98 Å². The Bertz CT molecular complexity index is 302. The van der Waals surface area contributed by atoms with E-state index >= 15 is 0 Å². The number of aromatic nitrogens is 1. The summed E-state index contributed by atoms with van der Waals surface area (Å²) in [5.74, 6) is 0. The predicted octanol–water partition coefficient (Wildman–Crippen LogP) is 0.153. The van der Waals surface area contributed by atoms with Gasteiger partial charge in [0.1, 0.15) is 0 Å². The molecule has 1 rings (SSSR count). The van der Waals surface area contributed by atoms with Crippen molar-refractivity contribution in [1.82, 2.24) is 4.98 Å². The number of ether oxygens (including phenoxy) is 2. The second-order valence-electron chi connectivity index (χ2n) is 3.28. The number of pyridine rings is 1. The molecule has 4 N–H and O–H groups in total. The maximum atomic E-state index is 5.91. The molecule has 0 aliphatic carbocycles. The van der Waals surface area contributed by atoms with E-state index in [-0.39, 0.29) is 6.04 Å². The van der Waals surface area contributed by atoms with Crippen molar-refractivity contribution in [1.29, 1.82) is 0 Å². The fraction of sp³-hybridized carbons (Fsp3) is 0.500. The monoisotopic (exact) mass is 211 g/mol. The van der Waals surface area contributed by atoms with E-state index < -0.39 is 6.29 Å². The van der Waals surface area contributed by atoms with Gasteiger partial charge in [0.15, 0.2) is 6.29 Å². The Kier molecular flexibility index (Phi) is 4.48. The van der Waals surface area contributed by atoms with Crippen LogP contribution in [0.25, 0.3) is 0 Å². The zero-order valence-electron chi connectivity index (χ0n) is 9.01. The van der Waals surface area contributed by atoms with Crippen molar-refractivity contribution in [3.8, 4) is 0 Å². The quantitative estimate of drug-likeness (QED) is 0.677. The van der Waals surface area contributed by atoms with Crippen molar-refractivity contribution in [2.75, 3.05) is 20.0 Å². The minimum atomic E-state index is -0.426. The summed E-state index contributed by atoms with van der Waals surface area (Å²) in [5.41, 5.74) is 13.3. The maximum Gasteiger partial charge on any atom is 0.172 e. The molecule has 0 fully saturated rings. The Balaban J connectivity index is 2.65. The van der Waals surface area contributed by atoms with E-state index in [1.165, 1.54) is 0 Å². The summed E-state index contributed by atoms with van der Waals surface area (Å²) in [6, 6.07) is 1.49. The maximum absolute atomic E-state index is 5.91. The predicted molar refractivity (Wildman–Crippen MR) is 58.1 cm³/mol. The number of nitrogens with two attached hydrogens (primary N) is 2. The van der Waals surface area contributed by atoms with Crippen LogP contribution in [0.5, 0.6) is 0 Å². The summed E-state index contributed by atoms with van der Waals surface area (Å²) in [6.07, 6.45) is 3.50. The third kappa shape index (κ3) is 3.16. The van der Waals surface area contributed by atoms with Gasteiger partial charge in [-0.2, -0.15) is 0 Å².